The van der Waals surface area contributed by atoms with E-state index in [-0.39, 0.29) is 12.0 Å². The van der Waals surface area contributed by atoms with Crippen LogP contribution in [0.5, 0.6) is 5.75 Å². The molecule has 0 saturated heterocycles. The zero-order valence-electron chi connectivity index (χ0n) is 12.3. The van der Waals surface area contributed by atoms with Crippen LogP contribution in [0.15, 0.2) is 36.4 Å². The van der Waals surface area contributed by atoms with Crippen molar-refractivity contribution in [2.24, 2.45) is 11.7 Å². The van der Waals surface area contributed by atoms with E-state index in [2.05, 4.69) is 6.92 Å². The number of hydrogen-bond donors (Lipinski definition) is 2. The Labute approximate surface area is 120 Å². The van der Waals surface area contributed by atoms with Gasteiger partial charge in [0.2, 0.25) is 0 Å². The molecule has 0 saturated carbocycles. The molecule has 0 aliphatic heterocycles. The van der Waals surface area contributed by atoms with Crippen molar-refractivity contribution in [1.29, 1.82) is 0 Å². The zero-order chi connectivity index (χ0) is 14.7. The summed E-state index contributed by atoms with van der Waals surface area (Å²) in [5.74, 6) is 1.00. The maximum Gasteiger partial charge on any atom is 0.126 e. The van der Waals surface area contributed by atoms with Gasteiger partial charge in [-0.25, -0.2) is 0 Å². The minimum atomic E-state index is -0.545. The predicted molar refractivity (Wildman–Crippen MR) is 82.9 cm³/mol. The van der Waals surface area contributed by atoms with Gasteiger partial charge in [-0.05, 0) is 22.9 Å². The van der Waals surface area contributed by atoms with E-state index in [1.54, 1.807) is 7.11 Å². The summed E-state index contributed by atoms with van der Waals surface area (Å²) in [4.78, 5) is 0. The number of fused-ring (bicyclic) bond motifs is 1. The molecule has 0 heterocycles. The lowest BCUT2D eigenvalue weighted by molar-refractivity contribution is 0.0884. The minimum Gasteiger partial charge on any atom is -0.496 e. The first-order valence-electron chi connectivity index (χ1n) is 7.09. The van der Waals surface area contributed by atoms with E-state index in [4.69, 9.17) is 10.5 Å². The van der Waals surface area contributed by atoms with Gasteiger partial charge in [0.1, 0.15) is 5.75 Å². The third kappa shape index (κ3) is 2.65. The van der Waals surface area contributed by atoms with Crippen molar-refractivity contribution in [2.75, 3.05) is 7.11 Å². The molecule has 0 spiro atoms. The summed E-state index contributed by atoms with van der Waals surface area (Å²) in [5.41, 5.74) is 7.25. The molecule has 0 aliphatic carbocycles. The summed E-state index contributed by atoms with van der Waals surface area (Å²) in [7, 11) is 1.66. The van der Waals surface area contributed by atoms with Gasteiger partial charge in [-0.3, -0.25) is 0 Å². The molecule has 0 radical (unpaired) electrons. The molecule has 2 rings (SSSR count). The van der Waals surface area contributed by atoms with E-state index in [9.17, 15) is 5.11 Å². The SMILES string of the molecule is CCC(C)[C@@H](O)[C@@H](N)c1ccc(OC)c2ccccc12. The number of methoxy groups -OCH3 is 1. The molecule has 2 aromatic carbocycles. The molecule has 0 aliphatic rings. The highest BCUT2D eigenvalue weighted by Gasteiger charge is 2.23. The average Bonchev–Trinajstić information content (AvgIpc) is 2.51. The standard InChI is InChI=1S/C17H23NO2/c1-4-11(2)17(19)16(18)14-9-10-15(20-3)13-8-6-5-7-12(13)14/h5-11,16-17,19H,4,18H2,1-3H3/t11?,16-,17+/m0/s1. The maximum atomic E-state index is 10.4. The van der Waals surface area contributed by atoms with Gasteiger partial charge in [0.15, 0.2) is 0 Å². The van der Waals surface area contributed by atoms with Crippen molar-refractivity contribution in [3.8, 4) is 5.75 Å². The Morgan fingerprint density at radius 3 is 2.40 bits per heavy atom. The van der Waals surface area contributed by atoms with Crippen molar-refractivity contribution >= 4 is 10.8 Å². The van der Waals surface area contributed by atoms with E-state index in [0.29, 0.717) is 0 Å². The first-order valence-corrected chi connectivity index (χ1v) is 7.09. The second-order valence-corrected chi connectivity index (χ2v) is 5.30. The highest BCUT2D eigenvalue weighted by Crippen LogP contribution is 2.33. The van der Waals surface area contributed by atoms with Crippen LogP contribution in [-0.4, -0.2) is 18.3 Å². The minimum absolute atomic E-state index is 0.172. The number of hydrogen-bond acceptors (Lipinski definition) is 3. The van der Waals surface area contributed by atoms with E-state index in [1.807, 2.05) is 43.3 Å². The summed E-state index contributed by atoms with van der Waals surface area (Å²) in [6.07, 6.45) is 0.361. The number of rotatable bonds is 5. The van der Waals surface area contributed by atoms with Crippen LogP contribution >= 0.6 is 0 Å². The van der Waals surface area contributed by atoms with Crippen LogP contribution in [0.25, 0.3) is 10.8 Å². The average molecular weight is 273 g/mol. The van der Waals surface area contributed by atoms with Gasteiger partial charge in [-0.2, -0.15) is 0 Å². The molecule has 3 nitrogen and oxygen atoms in total. The molecule has 0 bridgehead atoms. The third-order valence-corrected chi connectivity index (χ3v) is 4.09. The van der Waals surface area contributed by atoms with Crippen molar-refractivity contribution in [1.82, 2.24) is 0 Å². The molecule has 0 aromatic heterocycles. The molecule has 20 heavy (non-hydrogen) atoms. The Morgan fingerprint density at radius 1 is 1.15 bits per heavy atom. The molecule has 3 heteroatoms. The molecular formula is C17H23NO2. The Morgan fingerprint density at radius 2 is 1.80 bits per heavy atom. The lowest BCUT2D eigenvalue weighted by Crippen LogP contribution is -2.31. The Kier molecular flexibility index (Phi) is 4.63. The van der Waals surface area contributed by atoms with Gasteiger partial charge >= 0.3 is 0 Å². The number of benzene rings is 2. The van der Waals surface area contributed by atoms with Gasteiger partial charge in [-0.1, -0.05) is 50.6 Å². The quantitative estimate of drug-likeness (QED) is 0.879. The Hall–Kier alpha value is -1.58. The Balaban J connectivity index is 2.50. The summed E-state index contributed by atoms with van der Waals surface area (Å²) >= 11 is 0. The van der Waals surface area contributed by atoms with Crippen LogP contribution in [-0.2, 0) is 0 Å². The predicted octanol–water partition coefficient (Wildman–Crippen LogP) is 3.26. The largest absolute Gasteiger partial charge is 0.496 e. The number of ether oxygens (including phenoxy) is 1. The van der Waals surface area contributed by atoms with Gasteiger partial charge in [0, 0.05) is 5.39 Å². The fourth-order valence-electron chi connectivity index (χ4n) is 2.54. The molecule has 3 atom stereocenters. The fraction of sp³-hybridized carbons (Fsp3) is 0.412. The number of aliphatic hydroxyl groups is 1. The second-order valence-electron chi connectivity index (χ2n) is 5.30. The summed E-state index contributed by atoms with van der Waals surface area (Å²) in [5, 5.41) is 12.4. The van der Waals surface area contributed by atoms with E-state index in [0.717, 1.165) is 28.5 Å². The summed E-state index contributed by atoms with van der Waals surface area (Å²) < 4.78 is 5.39. The van der Waals surface area contributed by atoms with Crippen molar-refractivity contribution < 1.29 is 9.84 Å². The van der Waals surface area contributed by atoms with Crippen LogP contribution in [0, 0.1) is 5.92 Å². The first kappa shape index (κ1) is 14.8. The van der Waals surface area contributed by atoms with Crippen LogP contribution in [0.4, 0.5) is 0 Å². The van der Waals surface area contributed by atoms with Gasteiger partial charge in [0.05, 0.1) is 19.3 Å². The zero-order valence-corrected chi connectivity index (χ0v) is 12.3. The molecule has 108 valence electrons. The summed E-state index contributed by atoms with van der Waals surface area (Å²) in [6, 6.07) is 11.5. The van der Waals surface area contributed by atoms with Gasteiger partial charge in [-0.15, -0.1) is 0 Å². The Bertz CT molecular complexity index is 582. The number of nitrogens with two attached hydrogens (primary N) is 1. The highest BCUT2D eigenvalue weighted by molar-refractivity contribution is 5.91. The second kappa shape index (κ2) is 6.25. The lowest BCUT2D eigenvalue weighted by atomic mass is 9.89. The fourth-order valence-corrected chi connectivity index (χ4v) is 2.54. The van der Waals surface area contributed by atoms with Gasteiger partial charge in [0.25, 0.3) is 0 Å². The molecule has 3 N–H and O–H groups in total. The molecular weight excluding hydrogens is 250 g/mol. The molecule has 0 amide bonds. The number of aliphatic hydroxyl groups excluding tert-OH is 1. The van der Waals surface area contributed by atoms with Crippen LogP contribution in [0.2, 0.25) is 0 Å². The molecule has 1 unspecified atom stereocenters. The van der Waals surface area contributed by atoms with Crippen molar-refractivity contribution in [2.45, 2.75) is 32.4 Å². The van der Waals surface area contributed by atoms with E-state index in [1.165, 1.54) is 0 Å². The van der Waals surface area contributed by atoms with Crippen LogP contribution in [0.3, 0.4) is 0 Å². The third-order valence-electron chi connectivity index (χ3n) is 4.09. The lowest BCUT2D eigenvalue weighted by Gasteiger charge is -2.25. The maximum absolute atomic E-state index is 10.4. The van der Waals surface area contributed by atoms with Crippen molar-refractivity contribution in [3.63, 3.8) is 0 Å². The van der Waals surface area contributed by atoms with Crippen LogP contribution < -0.4 is 10.5 Å². The van der Waals surface area contributed by atoms with Crippen molar-refractivity contribution in [3.05, 3.63) is 42.0 Å². The highest BCUT2D eigenvalue weighted by atomic mass is 16.5. The van der Waals surface area contributed by atoms with E-state index >= 15 is 0 Å². The smallest absolute Gasteiger partial charge is 0.126 e. The normalized spacial score (nSPS) is 15.8. The monoisotopic (exact) mass is 273 g/mol. The molecule has 2 aromatic rings. The topological polar surface area (TPSA) is 55.5 Å². The van der Waals surface area contributed by atoms with Gasteiger partial charge < -0.3 is 15.6 Å². The van der Waals surface area contributed by atoms with E-state index < -0.39 is 6.10 Å². The summed E-state index contributed by atoms with van der Waals surface area (Å²) in [6.45, 7) is 4.09. The first-order chi connectivity index (χ1) is 9.60. The molecule has 0 fully saturated rings. The van der Waals surface area contributed by atoms with Crippen LogP contribution in [0.1, 0.15) is 31.9 Å².